The summed E-state index contributed by atoms with van der Waals surface area (Å²) in [4.78, 5) is 33.5. The highest BCUT2D eigenvalue weighted by molar-refractivity contribution is 5.78. The lowest BCUT2D eigenvalue weighted by Crippen LogP contribution is -2.50. The van der Waals surface area contributed by atoms with Crippen LogP contribution < -0.4 is 5.32 Å². The number of rotatable bonds is 11. The molecule has 0 unspecified atom stereocenters. The molecule has 2 N–H and O–H groups in total. The van der Waals surface area contributed by atoms with Crippen LogP contribution in [-0.2, 0) is 9.59 Å². The van der Waals surface area contributed by atoms with E-state index in [-0.39, 0.29) is 31.5 Å². The maximum atomic E-state index is 12.0. The highest BCUT2D eigenvalue weighted by Gasteiger charge is 2.28. The van der Waals surface area contributed by atoms with E-state index in [1.54, 1.807) is 4.90 Å². The molecule has 2 heterocycles. The summed E-state index contributed by atoms with van der Waals surface area (Å²) in [6.45, 7) is 7.18. The Morgan fingerprint density at radius 2 is 1.00 bits per heavy atom. The molecule has 0 aromatic heterocycles. The van der Waals surface area contributed by atoms with E-state index in [0.29, 0.717) is 19.1 Å². The molecule has 6 rings (SSSR count). The maximum Gasteiger partial charge on any atom is 0.303 e. The zero-order chi connectivity index (χ0) is 36.8. The Morgan fingerprint density at radius 1 is 0.615 bits per heavy atom. The van der Waals surface area contributed by atoms with E-state index in [2.05, 4.69) is 144 Å². The Hall–Kier alpha value is -5.68. The number of carbonyl (C=O) groups excluding carboxylic acids is 1. The van der Waals surface area contributed by atoms with Crippen molar-refractivity contribution < 1.29 is 14.7 Å². The topological polar surface area (TPSA) is 174 Å². The predicted molar refractivity (Wildman–Crippen MR) is 202 cm³/mol. The number of hydrogen-bond donors (Lipinski definition) is 2. The maximum absolute atomic E-state index is 12.0. The Bertz CT molecular complexity index is 1640. The summed E-state index contributed by atoms with van der Waals surface area (Å²) in [6.07, 6.45) is -0.0932. The van der Waals surface area contributed by atoms with Crippen LogP contribution in [0.5, 0.6) is 0 Å². The number of carboxylic acids is 1. The van der Waals surface area contributed by atoms with Gasteiger partial charge in [-0.2, -0.15) is 0 Å². The lowest BCUT2D eigenvalue weighted by Gasteiger charge is -2.39. The molecule has 0 radical (unpaired) electrons. The van der Waals surface area contributed by atoms with Crippen molar-refractivity contribution in [2.75, 3.05) is 65.4 Å². The van der Waals surface area contributed by atoms with Gasteiger partial charge in [-0.1, -0.05) is 132 Å². The van der Waals surface area contributed by atoms with E-state index < -0.39 is 5.97 Å². The zero-order valence-corrected chi connectivity index (χ0v) is 29.3. The fraction of sp³-hybridized carbons (Fsp3) is 0.333. The van der Waals surface area contributed by atoms with Gasteiger partial charge in [-0.15, -0.1) is 0 Å². The van der Waals surface area contributed by atoms with Crippen LogP contribution in [-0.4, -0.2) is 97.1 Å². The number of carbonyl (C=O) groups is 2. The van der Waals surface area contributed by atoms with Gasteiger partial charge in [-0.25, -0.2) is 0 Å². The average Bonchev–Trinajstić information content (AvgIpc) is 3.20. The molecule has 0 bridgehead atoms. The normalized spacial score (nSPS) is 14.5. The van der Waals surface area contributed by atoms with Crippen molar-refractivity contribution in [1.82, 2.24) is 20.0 Å². The quantitative estimate of drug-likeness (QED) is 0.100. The fourth-order valence-electron chi connectivity index (χ4n) is 6.32. The second-order valence-corrected chi connectivity index (χ2v) is 12.1. The van der Waals surface area contributed by atoms with Gasteiger partial charge >= 0.3 is 5.97 Å². The van der Waals surface area contributed by atoms with E-state index in [9.17, 15) is 9.59 Å². The van der Waals surface area contributed by atoms with Gasteiger partial charge in [0.2, 0.25) is 5.91 Å². The Balaban J connectivity index is 0.000000197. The molecule has 1 amide bonds. The summed E-state index contributed by atoms with van der Waals surface area (Å²) in [5.41, 5.74) is 21.3. The molecule has 0 saturated carbocycles. The third-order valence-electron chi connectivity index (χ3n) is 8.77. The third kappa shape index (κ3) is 12.6. The molecule has 2 aliphatic rings. The molecule has 0 spiro atoms. The third-order valence-corrected chi connectivity index (χ3v) is 8.77. The Morgan fingerprint density at radius 3 is 1.37 bits per heavy atom. The van der Waals surface area contributed by atoms with Gasteiger partial charge in [0.05, 0.1) is 18.5 Å². The molecule has 270 valence electrons. The predicted octanol–water partition coefficient (Wildman–Crippen LogP) is 6.68. The number of nitrogens with one attached hydrogen (secondary N) is 1. The van der Waals surface area contributed by atoms with E-state index in [4.69, 9.17) is 16.2 Å². The summed E-state index contributed by atoms with van der Waals surface area (Å²) in [5.74, 6) is -1.05. The lowest BCUT2D eigenvalue weighted by atomic mass is 9.96. The molecule has 13 nitrogen and oxygen atoms in total. The molecule has 0 aliphatic carbocycles. The van der Waals surface area contributed by atoms with Crippen LogP contribution in [0.2, 0.25) is 0 Å². The molecular weight excluding hydrogens is 656 g/mol. The first-order chi connectivity index (χ1) is 25.5. The van der Waals surface area contributed by atoms with Gasteiger partial charge in [0.1, 0.15) is 6.54 Å². The van der Waals surface area contributed by atoms with Crippen molar-refractivity contribution >= 4 is 11.9 Å². The largest absolute Gasteiger partial charge is 0.481 e. The molecule has 52 heavy (non-hydrogen) atoms. The van der Waals surface area contributed by atoms with Gasteiger partial charge in [0, 0.05) is 68.7 Å². The number of azide groups is 2. The van der Waals surface area contributed by atoms with Crippen LogP contribution in [0.1, 0.15) is 40.8 Å². The zero-order valence-electron chi connectivity index (χ0n) is 29.3. The second kappa shape index (κ2) is 22.2. The molecule has 2 fully saturated rings. The van der Waals surface area contributed by atoms with Crippen LogP contribution in [0.15, 0.2) is 132 Å². The monoisotopic (exact) mass is 702 g/mol. The molecule has 2 saturated heterocycles. The summed E-state index contributed by atoms with van der Waals surface area (Å²) in [6, 6.07) is 43.1. The van der Waals surface area contributed by atoms with Crippen LogP contribution in [0.25, 0.3) is 20.9 Å². The minimum atomic E-state index is -0.947. The van der Waals surface area contributed by atoms with Crippen LogP contribution in [0.3, 0.4) is 0 Å². The first kappa shape index (κ1) is 39.1. The highest BCUT2D eigenvalue weighted by Crippen LogP contribution is 2.30. The van der Waals surface area contributed by atoms with Gasteiger partial charge < -0.3 is 15.3 Å². The smallest absolute Gasteiger partial charge is 0.303 e. The van der Waals surface area contributed by atoms with Crippen LogP contribution >= 0.6 is 0 Å². The van der Waals surface area contributed by atoms with E-state index in [0.717, 1.165) is 39.3 Å². The van der Waals surface area contributed by atoms with Crippen molar-refractivity contribution in [2.45, 2.75) is 18.5 Å². The molecule has 0 atom stereocenters. The number of carboxylic acid groups (broad SMARTS) is 1. The number of piperazine rings is 2. The number of nitrogens with zero attached hydrogens (tertiary/aromatic N) is 9. The minimum absolute atomic E-state index is 0.0336. The average molecular weight is 703 g/mol. The summed E-state index contributed by atoms with van der Waals surface area (Å²) in [5, 5.41) is 17.8. The summed E-state index contributed by atoms with van der Waals surface area (Å²) < 4.78 is 0. The van der Waals surface area contributed by atoms with Gasteiger partial charge in [-0.3, -0.25) is 19.4 Å². The van der Waals surface area contributed by atoms with E-state index >= 15 is 0 Å². The standard InChI is InChI=1S/C19H21N5O.C17H20N2.C3H5N3O2/c20-22-21-15-18(25)23-11-13-24(14-12-23)19(16-7-3-1-4-8-16)17-9-5-2-6-10-17;1-3-7-15(8-4-1)17(16-9-5-2-6-10-16)19-13-11-18-12-14-19;4-6-5-2-1-3(7)8/h1-10,19H,11-15H2;1-10,17-18H,11-14H2;1-2H2,(H,7,8). The first-order valence-electron chi connectivity index (χ1n) is 17.4. The van der Waals surface area contributed by atoms with Crippen molar-refractivity contribution in [1.29, 1.82) is 0 Å². The van der Waals surface area contributed by atoms with Crippen molar-refractivity contribution in [3.8, 4) is 0 Å². The van der Waals surface area contributed by atoms with Crippen molar-refractivity contribution in [2.24, 2.45) is 10.2 Å². The molecular formula is C39H46N10O3. The lowest BCUT2D eigenvalue weighted by molar-refractivity contribution is -0.136. The molecule has 4 aromatic rings. The number of hydrogen-bond acceptors (Lipinski definition) is 7. The molecule has 2 aliphatic heterocycles. The minimum Gasteiger partial charge on any atom is -0.481 e. The number of benzene rings is 4. The SMILES string of the molecule is [N-]=[N+]=NCC(=O)N1CCN(C(c2ccccc2)c2ccccc2)CC1.[N-]=[N+]=NCCC(=O)O.c1ccc(C(c2ccccc2)N2CCNCC2)cc1. The van der Waals surface area contributed by atoms with Gasteiger partial charge in [0.25, 0.3) is 0 Å². The Kier molecular flexibility index (Phi) is 16.7. The number of amides is 1. The fourth-order valence-corrected chi connectivity index (χ4v) is 6.32. The molecule has 4 aromatic carbocycles. The van der Waals surface area contributed by atoms with Crippen LogP contribution in [0, 0.1) is 0 Å². The first-order valence-corrected chi connectivity index (χ1v) is 17.4. The molecule has 13 heteroatoms. The van der Waals surface area contributed by atoms with Crippen molar-refractivity contribution in [3.63, 3.8) is 0 Å². The number of aliphatic carboxylic acids is 1. The Labute approximate surface area is 304 Å². The van der Waals surface area contributed by atoms with E-state index in [1.165, 1.54) is 22.3 Å². The van der Waals surface area contributed by atoms with Crippen molar-refractivity contribution in [3.05, 3.63) is 164 Å². The van der Waals surface area contributed by atoms with E-state index in [1.807, 2.05) is 12.1 Å². The van der Waals surface area contributed by atoms with Gasteiger partial charge in [0.15, 0.2) is 0 Å². The van der Waals surface area contributed by atoms with Gasteiger partial charge in [-0.05, 0) is 33.3 Å². The summed E-state index contributed by atoms with van der Waals surface area (Å²) >= 11 is 0. The highest BCUT2D eigenvalue weighted by atomic mass is 16.4. The summed E-state index contributed by atoms with van der Waals surface area (Å²) in [7, 11) is 0. The van der Waals surface area contributed by atoms with Crippen LogP contribution in [0.4, 0.5) is 0 Å². The second-order valence-electron chi connectivity index (χ2n) is 12.1.